The van der Waals surface area contributed by atoms with Crippen molar-refractivity contribution in [2.75, 3.05) is 39.4 Å². The van der Waals surface area contributed by atoms with Crippen LogP contribution in [0.3, 0.4) is 0 Å². The predicted octanol–water partition coefficient (Wildman–Crippen LogP) is 3.91. The fraction of sp³-hybridized carbons (Fsp3) is 0.414. The van der Waals surface area contributed by atoms with Crippen LogP contribution in [0.1, 0.15) is 30.5 Å². The van der Waals surface area contributed by atoms with Gasteiger partial charge in [-0.05, 0) is 42.7 Å². The van der Waals surface area contributed by atoms with Crippen molar-refractivity contribution in [3.63, 3.8) is 0 Å². The maximum Gasteiger partial charge on any atom is 0.415 e. The number of nitrogens with one attached hydrogen (secondary N) is 2. The third-order valence-corrected chi connectivity index (χ3v) is 7.61. The third-order valence-electron chi connectivity index (χ3n) is 7.61. The molecule has 0 bridgehead atoms. The molecule has 0 unspecified atom stereocenters. The number of rotatable bonds is 7. The fourth-order valence-electron chi connectivity index (χ4n) is 5.39. The topological polar surface area (TPSA) is 101 Å². The van der Waals surface area contributed by atoms with Crippen molar-refractivity contribution in [1.29, 1.82) is 0 Å². The molecule has 204 valence electrons. The number of aromatic amines is 1. The second-order valence-corrected chi connectivity index (χ2v) is 10.1. The molecule has 2 N–H and O–H groups in total. The van der Waals surface area contributed by atoms with Gasteiger partial charge in [0.2, 0.25) is 0 Å². The average Bonchev–Trinajstić information content (AvgIpc) is 3.65. The van der Waals surface area contributed by atoms with Crippen LogP contribution in [0.4, 0.5) is 4.79 Å². The quantitative estimate of drug-likeness (QED) is 0.374. The van der Waals surface area contributed by atoms with Gasteiger partial charge < -0.3 is 24.7 Å². The van der Waals surface area contributed by atoms with Crippen LogP contribution in [0, 0.1) is 0 Å². The second-order valence-electron chi connectivity index (χ2n) is 10.1. The molecule has 2 aliphatic rings. The summed E-state index contributed by atoms with van der Waals surface area (Å²) in [6.07, 6.45) is -0.402. The Hall–Kier alpha value is -3.73. The van der Waals surface area contributed by atoms with Crippen LogP contribution in [0.2, 0.25) is 0 Å². The molecule has 1 amide bonds. The number of carbonyl (C=O) groups excluding carboxylic acids is 1. The van der Waals surface area contributed by atoms with Crippen molar-refractivity contribution >= 4 is 17.1 Å². The van der Waals surface area contributed by atoms with E-state index < -0.39 is 6.09 Å². The van der Waals surface area contributed by atoms with Crippen LogP contribution in [0.5, 0.6) is 5.75 Å². The van der Waals surface area contributed by atoms with Crippen LogP contribution in [0.15, 0.2) is 36.4 Å². The Morgan fingerprint density at radius 1 is 1.08 bits per heavy atom. The number of hydrogen-bond acceptors (Lipinski definition) is 7. The number of aromatic nitrogens is 4. The first-order valence-electron chi connectivity index (χ1n) is 13.7. The number of morpholine rings is 1. The van der Waals surface area contributed by atoms with E-state index in [1.165, 1.54) is 16.7 Å². The summed E-state index contributed by atoms with van der Waals surface area (Å²) in [6, 6.07) is 12.6. The number of amides is 1. The third kappa shape index (κ3) is 5.03. The summed E-state index contributed by atoms with van der Waals surface area (Å²) < 4.78 is 13.3. The molecule has 0 saturated carbocycles. The van der Waals surface area contributed by atoms with Gasteiger partial charge in [0.05, 0.1) is 24.2 Å². The maximum absolute atomic E-state index is 13.1. The van der Waals surface area contributed by atoms with Crippen LogP contribution < -0.4 is 10.1 Å². The predicted molar refractivity (Wildman–Crippen MR) is 149 cm³/mol. The minimum atomic E-state index is -0.402. The van der Waals surface area contributed by atoms with Gasteiger partial charge in [0.15, 0.2) is 11.6 Å². The molecule has 6 rings (SSSR count). The lowest BCUT2D eigenvalue weighted by Gasteiger charge is -2.26. The molecule has 2 aliphatic heterocycles. The molecule has 1 saturated heterocycles. The number of nitrogens with zero attached hydrogens (tertiary/aromatic N) is 5. The van der Waals surface area contributed by atoms with Gasteiger partial charge in [-0.15, -0.1) is 0 Å². The number of imidazole rings is 1. The highest BCUT2D eigenvalue weighted by atomic mass is 16.6. The number of ether oxygens (including phenoxy) is 2. The van der Waals surface area contributed by atoms with Crippen LogP contribution in [-0.2, 0) is 31.4 Å². The highest BCUT2D eigenvalue weighted by Crippen LogP contribution is 2.39. The molecule has 39 heavy (non-hydrogen) atoms. The number of hydrogen-bond donors (Lipinski definition) is 2. The second kappa shape index (κ2) is 10.8. The van der Waals surface area contributed by atoms with Gasteiger partial charge in [-0.3, -0.25) is 9.58 Å². The largest absolute Gasteiger partial charge is 0.415 e. The smallest absolute Gasteiger partial charge is 0.405 e. The molecule has 0 aliphatic carbocycles. The highest BCUT2D eigenvalue weighted by Gasteiger charge is 2.27. The van der Waals surface area contributed by atoms with Gasteiger partial charge in [0, 0.05) is 58.4 Å². The van der Waals surface area contributed by atoms with Gasteiger partial charge in [0.1, 0.15) is 11.4 Å². The van der Waals surface area contributed by atoms with Gasteiger partial charge >= 0.3 is 6.09 Å². The monoisotopic (exact) mass is 529 g/mol. The van der Waals surface area contributed by atoms with Crippen molar-refractivity contribution in [2.24, 2.45) is 7.05 Å². The molecule has 2 aromatic carbocycles. The zero-order valence-corrected chi connectivity index (χ0v) is 22.8. The summed E-state index contributed by atoms with van der Waals surface area (Å²) in [6.45, 7) is 11.0. The summed E-state index contributed by atoms with van der Waals surface area (Å²) in [5.74, 6) is 1.03. The molecule has 0 atom stereocenters. The minimum Gasteiger partial charge on any atom is -0.405 e. The molecule has 10 heteroatoms. The summed E-state index contributed by atoms with van der Waals surface area (Å²) in [4.78, 5) is 25.5. The molecular weight excluding hydrogens is 494 g/mol. The fourth-order valence-corrected chi connectivity index (χ4v) is 5.39. The molecule has 1 fully saturated rings. The van der Waals surface area contributed by atoms with E-state index in [1.807, 2.05) is 33.0 Å². The summed E-state index contributed by atoms with van der Waals surface area (Å²) >= 11 is 0. The molecule has 4 heterocycles. The Labute approximate surface area is 227 Å². The van der Waals surface area contributed by atoms with Gasteiger partial charge in [-0.25, -0.2) is 9.78 Å². The number of carbonyl (C=O) groups is 1. The van der Waals surface area contributed by atoms with Gasteiger partial charge in [-0.1, -0.05) is 24.3 Å². The Kier molecular flexibility index (Phi) is 7.07. The van der Waals surface area contributed by atoms with E-state index in [4.69, 9.17) is 19.6 Å². The standard InChI is InChI=1S/C29H35N7O3/c1-4-36(5-2)29(37)39-27-25(20-8-6-19(7-9-20)18-35-10-12-38-13-11-35)33-34(3)26(27)28-31-23-14-21-16-30-17-22(21)15-24(23)32-28/h6-9,14-15,30H,4-5,10-13,16-18H2,1-3H3,(H,31,32). The molecule has 0 radical (unpaired) electrons. The number of aryl methyl sites for hydroxylation is 1. The van der Waals surface area contributed by atoms with Crippen molar-refractivity contribution in [1.82, 2.24) is 34.9 Å². The lowest BCUT2D eigenvalue weighted by Crippen LogP contribution is -2.35. The molecule has 10 nitrogen and oxygen atoms in total. The SMILES string of the molecule is CCN(CC)C(=O)Oc1c(-c2ccc(CN3CCOCC3)cc2)nn(C)c1-c1nc2cc3c(cc2[nH]1)CNC3. The zero-order chi connectivity index (χ0) is 26.9. The zero-order valence-electron chi connectivity index (χ0n) is 22.8. The van der Waals surface area contributed by atoms with Crippen molar-refractivity contribution in [3.05, 3.63) is 53.1 Å². The van der Waals surface area contributed by atoms with E-state index in [-0.39, 0.29) is 0 Å². The first-order chi connectivity index (χ1) is 19.0. The molecule has 4 aromatic rings. The van der Waals surface area contributed by atoms with E-state index >= 15 is 0 Å². The average molecular weight is 530 g/mol. The number of fused-ring (bicyclic) bond motifs is 2. The number of H-pyrrole nitrogens is 1. The maximum atomic E-state index is 13.1. The van der Waals surface area contributed by atoms with E-state index in [0.29, 0.717) is 36.1 Å². The van der Waals surface area contributed by atoms with Crippen LogP contribution >= 0.6 is 0 Å². The van der Waals surface area contributed by atoms with E-state index in [1.54, 1.807) is 9.58 Å². The highest BCUT2D eigenvalue weighted by molar-refractivity contribution is 5.86. The Bertz CT molecular complexity index is 1440. The summed E-state index contributed by atoms with van der Waals surface area (Å²) in [5.41, 5.74) is 7.71. The summed E-state index contributed by atoms with van der Waals surface area (Å²) in [5, 5.41) is 8.21. The first kappa shape index (κ1) is 25.5. The molecule has 2 aromatic heterocycles. The Morgan fingerprint density at radius 2 is 1.79 bits per heavy atom. The summed E-state index contributed by atoms with van der Waals surface area (Å²) in [7, 11) is 1.86. The van der Waals surface area contributed by atoms with Crippen molar-refractivity contribution in [3.8, 4) is 28.5 Å². The Morgan fingerprint density at radius 3 is 2.51 bits per heavy atom. The first-order valence-corrected chi connectivity index (χ1v) is 13.7. The molecular formula is C29H35N7O3. The van der Waals surface area contributed by atoms with E-state index in [2.05, 4.69) is 39.5 Å². The van der Waals surface area contributed by atoms with E-state index in [0.717, 1.165) is 62.5 Å². The lowest BCUT2D eigenvalue weighted by atomic mass is 10.1. The van der Waals surface area contributed by atoms with Crippen LogP contribution in [0.25, 0.3) is 33.8 Å². The normalized spacial score (nSPS) is 15.6. The van der Waals surface area contributed by atoms with Gasteiger partial charge in [0.25, 0.3) is 0 Å². The minimum absolute atomic E-state index is 0.402. The van der Waals surface area contributed by atoms with Crippen molar-refractivity contribution < 1.29 is 14.3 Å². The lowest BCUT2D eigenvalue weighted by molar-refractivity contribution is 0.0342. The Balaban J connectivity index is 1.38. The molecule has 0 spiro atoms. The van der Waals surface area contributed by atoms with Crippen molar-refractivity contribution in [2.45, 2.75) is 33.5 Å². The van der Waals surface area contributed by atoms with Gasteiger partial charge in [-0.2, -0.15) is 5.10 Å². The number of benzene rings is 2. The van der Waals surface area contributed by atoms with Crippen LogP contribution in [-0.4, -0.2) is 75.0 Å². The van der Waals surface area contributed by atoms with E-state index in [9.17, 15) is 4.79 Å².